The highest BCUT2D eigenvalue weighted by Crippen LogP contribution is 2.31. The zero-order valence-electron chi connectivity index (χ0n) is 12.6. The summed E-state index contributed by atoms with van der Waals surface area (Å²) in [5.41, 5.74) is 1.45. The van der Waals surface area contributed by atoms with Crippen molar-refractivity contribution in [2.24, 2.45) is 11.8 Å². The maximum absolute atomic E-state index is 12.4. The molecule has 1 aliphatic carbocycles. The van der Waals surface area contributed by atoms with Gasteiger partial charge in [0.2, 0.25) is 5.91 Å². The zero-order chi connectivity index (χ0) is 17.1. The van der Waals surface area contributed by atoms with E-state index in [1.54, 1.807) is 17.5 Å². The third kappa shape index (κ3) is 3.49. The zero-order valence-corrected chi connectivity index (χ0v) is 14.1. The third-order valence-electron chi connectivity index (χ3n) is 3.96. The number of amides is 1. The normalized spacial score (nSPS) is 19.9. The first kappa shape index (κ1) is 16.7. The van der Waals surface area contributed by atoms with E-state index in [1.165, 1.54) is 11.3 Å². The Morgan fingerprint density at radius 2 is 1.92 bits per heavy atom. The molecule has 0 aliphatic heterocycles. The van der Waals surface area contributed by atoms with Crippen LogP contribution < -0.4 is 10.4 Å². The predicted octanol–water partition coefficient (Wildman–Crippen LogP) is 2.73. The minimum Gasteiger partial charge on any atom is -0.550 e. The van der Waals surface area contributed by atoms with Crippen LogP contribution in [0.3, 0.4) is 0 Å². The van der Waals surface area contributed by atoms with Gasteiger partial charge in [-0.05, 0) is 18.9 Å². The number of carboxylic acids is 1. The first-order chi connectivity index (χ1) is 11.6. The standard InChI is InChI=1S/C17H15ClN2O3S/c18-13-8-4-3-7-12(13)14-9-24-17(19-14)20-15(21)10-5-1-2-6-11(10)16(22)23/h1-4,7-11H,5-6H2,(H,22,23)(H,19,20,21)/p-1/t10-,11-/m1/s1. The van der Waals surface area contributed by atoms with Crippen molar-refractivity contribution >= 4 is 39.9 Å². The van der Waals surface area contributed by atoms with Gasteiger partial charge in [-0.1, -0.05) is 42.0 Å². The van der Waals surface area contributed by atoms with Gasteiger partial charge in [0, 0.05) is 27.9 Å². The number of carboxylic acid groups (broad SMARTS) is 1. The third-order valence-corrected chi connectivity index (χ3v) is 5.04. The van der Waals surface area contributed by atoms with E-state index in [-0.39, 0.29) is 5.91 Å². The Labute approximate surface area is 148 Å². The number of benzene rings is 1. The number of anilines is 1. The summed E-state index contributed by atoms with van der Waals surface area (Å²) in [5.74, 6) is -3.00. The minimum absolute atomic E-state index is 0.309. The van der Waals surface area contributed by atoms with Crippen LogP contribution in [0.25, 0.3) is 11.3 Å². The number of hydrogen-bond donors (Lipinski definition) is 1. The topological polar surface area (TPSA) is 82.1 Å². The second-order valence-electron chi connectivity index (χ2n) is 5.48. The van der Waals surface area contributed by atoms with Gasteiger partial charge in [0.1, 0.15) is 0 Å². The molecule has 1 N–H and O–H groups in total. The molecule has 0 unspecified atom stereocenters. The van der Waals surface area contributed by atoms with Crippen molar-refractivity contribution in [3.8, 4) is 11.3 Å². The molecule has 124 valence electrons. The summed E-state index contributed by atoms with van der Waals surface area (Å²) in [5, 5.41) is 16.7. The fourth-order valence-electron chi connectivity index (χ4n) is 2.69. The van der Waals surface area contributed by atoms with Gasteiger partial charge in [-0.3, -0.25) is 4.79 Å². The van der Waals surface area contributed by atoms with Crippen molar-refractivity contribution in [2.75, 3.05) is 5.32 Å². The largest absolute Gasteiger partial charge is 0.550 e. The van der Waals surface area contributed by atoms with Gasteiger partial charge in [-0.15, -0.1) is 11.3 Å². The first-order valence-corrected chi connectivity index (χ1v) is 8.69. The lowest BCUT2D eigenvalue weighted by atomic mass is 9.82. The monoisotopic (exact) mass is 361 g/mol. The van der Waals surface area contributed by atoms with Crippen LogP contribution in [0, 0.1) is 11.8 Å². The number of rotatable bonds is 4. The second-order valence-corrected chi connectivity index (χ2v) is 6.75. The highest BCUT2D eigenvalue weighted by atomic mass is 35.5. The summed E-state index contributed by atoms with van der Waals surface area (Å²) >= 11 is 7.42. The number of carbonyl (C=O) groups excluding carboxylic acids is 2. The van der Waals surface area contributed by atoms with Gasteiger partial charge in [0.05, 0.1) is 11.6 Å². The van der Waals surface area contributed by atoms with Gasteiger partial charge in [0.25, 0.3) is 0 Å². The number of nitrogens with zero attached hydrogens (tertiary/aromatic N) is 1. The Morgan fingerprint density at radius 1 is 1.21 bits per heavy atom. The number of carbonyl (C=O) groups is 2. The molecule has 1 heterocycles. The highest BCUT2D eigenvalue weighted by Gasteiger charge is 2.30. The number of allylic oxidation sites excluding steroid dienone is 2. The second kappa shape index (κ2) is 7.15. The molecule has 1 aliphatic rings. The Hall–Kier alpha value is -2.18. The smallest absolute Gasteiger partial charge is 0.230 e. The van der Waals surface area contributed by atoms with Crippen LogP contribution in [0.1, 0.15) is 12.8 Å². The molecule has 1 aromatic carbocycles. The number of aliphatic carboxylic acids is 1. The first-order valence-electron chi connectivity index (χ1n) is 7.43. The van der Waals surface area contributed by atoms with Crippen molar-refractivity contribution in [3.63, 3.8) is 0 Å². The van der Waals surface area contributed by atoms with Crippen LogP contribution >= 0.6 is 22.9 Å². The average molecular weight is 362 g/mol. The Balaban J connectivity index is 1.75. The number of thiazole rings is 1. The van der Waals surface area contributed by atoms with Crippen molar-refractivity contribution in [1.29, 1.82) is 0 Å². The lowest BCUT2D eigenvalue weighted by Crippen LogP contribution is -2.41. The molecule has 0 spiro atoms. The fraction of sp³-hybridized carbons (Fsp3) is 0.235. The van der Waals surface area contributed by atoms with E-state index in [0.29, 0.717) is 28.7 Å². The minimum atomic E-state index is -1.20. The molecule has 24 heavy (non-hydrogen) atoms. The van der Waals surface area contributed by atoms with Crippen LogP contribution in [-0.4, -0.2) is 16.9 Å². The van der Waals surface area contributed by atoms with Crippen molar-refractivity contribution in [3.05, 3.63) is 46.8 Å². The Morgan fingerprint density at radius 3 is 2.62 bits per heavy atom. The molecule has 7 heteroatoms. The molecule has 5 nitrogen and oxygen atoms in total. The molecule has 0 bridgehead atoms. The predicted molar refractivity (Wildman–Crippen MR) is 91.6 cm³/mol. The summed E-state index contributed by atoms with van der Waals surface area (Å²) < 4.78 is 0. The van der Waals surface area contributed by atoms with Gasteiger partial charge in [-0.25, -0.2) is 4.98 Å². The molecule has 3 rings (SSSR count). The molecule has 0 saturated heterocycles. The van der Waals surface area contributed by atoms with Crippen LogP contribution in [-0.2, 0) is 9.59 Å². The van der Waals surface area contributed by atoms with Gasteiger partial charge >= 0.3 is 0 Å². The van der Waals surface area contributed by atoms with E-state index in [1.807, 2.05) is 24.3 Å². The van der Waals surface area contributed by atoms with E-state index in [4.69, 9.17) is 11.6 Å². The molecule has 0 radical (unpaired) electrons. The molecule has 0 saturated carbocycles. The molecular weight excluding hydrogens is 348 g/mol. The average Bonchev–Trinajstić information content (AvgIpc) is 3.03. The molecular formula is C17H14ClN2O3S-. The SMILES string of the molecule is O=C([O-])[C@@H]1CC=CC[C@H]1C(=O)Nc1nc(-c2ccccc2Cl)cs1. The van der Waals surface area contributed by atoms with Crippen LogP contribution in [0.5, 0.6) is 0 Å². The fourth-order valence-corrected chi connectivity index (χ4v) is 3.63. The molecule has 1 amide bonds. The van der Waals surface area contributed by atoms with Gasteiger partial charge in [-0.2, -0.15) is 0 Å². The number of aromatic nitrogens is 1. The summed E-state index contributed by atoms with van der Waals surface area (Å²) in [6, 6.07) is 7.31. The van der Waals surface area contributed by atoms with Crippen LogP contribution in [0.15, 0.2) is 41.8 Å². The highest BCUT2D eigenvalue weighted by molar-refractivity contribution is 7.14. The molecule has 0 fully saturated rings. The van der Waals surface area contributed by atoms with E-state index in [9.17, 15) is 14.7 Å². The van der Waals surface area contributed by atoms with E-state index in [0.717, 1.165) is 5.56 Å². The van der Waals surface area contributed by atoms with E-state index >= 15 is 0 Å². The maximum atomic E-state index is 12.4. The van der Waals surface area contributed by atoms with Gasteiger partial charge < -0.3 is 15.2 Å². The number of hydrogen-bond acceptors (Lipinski definition) is 5. The quantitative estimate of drug-likeness (QED) is 0.849. The van der Waals surface area contributed by atoms with Crippen molar-refractivity contribution in [1.82, 2.24) is 4.98 Å². The van der Waals surface area contributed by atoms with E-state index in [2.05, 4.69) is 10.3 Å². The summed E-state index contributed by atoms with van der Waals surface area (Å²) in [4.78, 5) is 28.0. The maximum Gasteiger partial charge on any atom is 0.230 e. The summed E-state index contributed by atoms with van der Waals surface area (Å²) in [6.07, 6.45) is 4.28. The number of nitrogens with one attached hydrogen (secondary N) is 1. The lowest BCUT2D eigenvalue weighted by Gasteiger charge is -2.27. The van der Waals surface area contributed by atoms with Gasteiger partial charge in [0.15, 0.2) is 5.13 Å². The van der Waals surface area contributed by atoms with Crippen molar-refractivity contribution in [2.45, 2.75) is 12.8 Å². The van der Waals surface area contributed by atoms with E-state index < -0.39 is 17.8 Å². The Kier molecular flexibility index (Phi) is 4.97. The summed E-state index contributed by atoms with van der Waals surface area (Å²) in [7, 11) is 0. The number of halogens is 1. The molecule has 2 atom stereocenters. The van der Waals surface area contributed by atoms with Crippen LogP contribution in [0.2, 0.25) is 5.02 Å². The molecule has 1 aromatic heterocycles. The Bertz CT molecular complexity index is 803. The summed E-state index contributed by atoms with van der Waals surface area (Å²) in [6.45, 7) is 0. The lowest BCUT2D eigenvalue weighted by molar-refractivity contribution is -0.313. The molecule has 2 aromatic rings. The van der Waals surface area contributed by atoms with Crippen LogP contribution in [0.4, 0.5) is 5.13 Å². The van der Waals surface area contributed by atoms with Crippen molar-refractivity contribution < 1.29 is 14.7 Å².